The van der Waals surface area contributed by atoms with Crippen LogP contribution in [0.15, 0.2) is 24.3 Å². The Labute approximate surface area is 186 Å². The van der Waals surface area contributed by atoms with Crippen molar-refractivity contribution in [2.45, 2.75) is 57.7 Å². The summed E-state index contributed by atoms with van der Waals surface area (Å²) in [5.74, 6) is -1.61. The smallest absolute Gasteiger partial charge is 0.261 e. The molecule has 2 aromatic carbocycles. The van der Waals surface area contributed by atoms with E-state index in [0.29, 0.717) is 45.9 Å². The summed E-state index contributed by atoms with van der Waals surface area (Å²) >= 11 is 0. The molecule has 3 aliphatic heterocycles. The first-order chi connectivity index (χ1) is 14.9. The highest BCUT2D eigenvalue weighted by Gasteiger charge is 2.53. The van der Waals surface area contributed by atoms with Crippen molar-refractivity contribution < 1.29 is 23.8 Å². The zero-order valence-corrected chi connectivity index (χ0v) is 19.0. The summed E-state index contributed by atoms with van der Waals surface area (Å²) in [6.45, 7) is 12.5. The quantitative estimate of drug-likeness (QED) is 0.513. The van der Waals surface area contributed by atoms with Crippen LogP contribution in [-0.4, -0.2) is 68.9 Å². The van der Waals surface area contributed by atoms with Gasteiger partial charge < -0.3 is 0 Å². The summed E-state index contributed by atoms with van der Waals surface area (Å²) in [6.07, 6.45) is 1.21. The number of rotatable bonds is 1. The molecule has 4 amide bonds. The van der Waals surface area contributed by atoms with Gasteiger partial charge in [-0.3, -0.25) is 29.0 Å². The highest BCUT2D eigenvalue weighted by atomic mass is 16.2. The number of carbonyl (C=O) groups excluding carboxylic acids is 4. The minimum atomic E-state index is -0.431. The van der Waals surface area contributed by atoms with Crippen molar-refractivity contribution in [3.8, 4) is 0 Å². The van der Waals surface area contributed by atoms with Gasteiger partial charge in [0, 0.05) is 52.9 Å². The molecule has 0 radical (unpaired) electrons. The molecule has 32 heavy (non-hydrogen) atoms. The second kappa shape index (κ2) is 6.12. The Balaban J connectivity index is 1.69. The molecule has 0 unspecified atom stereocenters. The molecule has 7 heteroatoms. The highest BCUT2D eigenvalue weighted by molar-refractivity contribution is 6.33. The summed E-state index contributed by atoms with van der Waals surface area (Å²) in [5.41, 5.74) is 0.783. The third-order valence-electron chi connectivity index (χ3n) is 7.43. The van der Waals surface area contributed by atoms with Crippen molar-refractivity contribution in [2.75, 3.05) is 7.05 Å². The Kier molecular flexibility index (Phi) is 3.93. The van der Waals surface area contributed by atoms with Gasteiger partial charge in [-0.2, -0.15) is 0 Å². The van der Waals surface area contributed by atoms with Crippen LogP contribution in [0.4, 0.5) is 0 Å². The van der Waals surface area contributed by atoms with E-state index in [-0.39, 0.29) is 28.9 Å². The van der Waals surface area contributed by atoms with E-state index in [2.05, 4.69) is 39.0 Å². The monoisotopic (exact) mass is 432 g/mol. The zero-order chi connectivity index (χ0) is 23.3. The van der Waals surface area contributed by atoms with E-state index in [1.54, 1.807) is 24.3 Å². The lowest BCUT2D eigenvalue weighted by atomic mass is 9.77. The van der Waals surface area contributed by atoms with Gasteiger partial charge in [0.25, 0.3) is 23.6 Å². The molecule has 3 heterocycles. The standard InChI is InChI=1S/C25H26N3O4/c1-24(2)11-13(12-25(3,4)27(24)6)28-22(31)16-9-7-14-18-15(21(30)26(5)20(14)29)8-10-17(19(16)18)23(28)32/h7-10,13H,6,11-12H2,1-5H3/q+1. The van der Waals surface area contributed by atoms with Gasteiger partial charge in [0.05, 0.1) is 6.04 Å². The molecule has 7 nitrogen and oxygen atoms in total. The maximum absolute atomic E-state index is 13.7. The number of hydrogen-bond donors (Lipinski definition) is 0. The Bertz CT molecular complexity index is 1210. The van der Waals surface area contributed by atoms with Crippen LogP contribution >= 0.6 is 0 Å². The third kappa shape index (κ3) is 2.45. The maximum Gasteiger partial charge on any atom is 0.261 e. The molecule has 0 N–H and O–H groups in total. The fraction of sp³-hybridized carbons (Fsp3) is 0.400. The molecule has 2 aromatic rings. The molecule has 0 aromatic heterocycles. The van der Waals surface area contributed by atoms with Crippen molar-refractivity contribution in [3.63, 3.8) is 0 Å². The van der Waals surface area contributed by atoms with E-state index in [4.69, 9.17) is 0 Å². The van der Waals surface area contributed by atoms with E-state index < -0.39 is 11.8 Å². The predicted molar refractivity (Wildman–Crippen MR) is 119 cm³/mol. The lowest BCUT2D eigenvalue weighted by Crippen LogP contribution is -2.61. The first kappa shape index (κ1) is 20.5. The van der Waals surface area contributed by atoms with Gasteiger partial charge >= 0.3 is 0 Å². The number of benzene rings is 2. The van der Waals surface area contributed by atoms with E-state index in [0.717, 1.165) is 4.90 Å². The van der Waals surface area contributed by atoms with Crippen LogP contribution < -0.4 is 0 Å². The predicted octanol–water partition coefficient (Wildman–Crippen LogP) is 3.09. The van der Waals surface area contributed by atoms with Crippen LogP contribution in [0.1, 0.15) is 82.0 Å². The van der Waals surface area contributed by atoms with Gasteiger partial charge in [-0.15, -0.1) is 0 Å². The summed E-state index contributed by atoms with van der Waals surface area (Å²) in [4.78, 5) is 55.2. The minimum Gasteiger partial charge on any atom is -0.277 e. The van der Waals surface area contributed by atoms with Crippen LogP contribution in [0.5, 0.6) is 0 Å². The average Bonchev–Trinajstić information content (AvgIpc) is 2.72. The van der Waals surface area contributed by atoms with E-state index in [9.17, 15) is 19.2 Å². The highest BCUT2D eigenvalue weighted by Crippen LogP contribution is 2.42. The SMILES string of the molecule is C=[N+]1C(C)(C)CC(N2C(=O)c3ccc4c5c(ccc(c35)C2=O)C(=O)N(C)C4=O)CC1(C)C. The molecular weight excluding hydrogens is 406 g/mol. The number of hydrogen-bond acceptors (Lipinski definition) is 4. The first-order valence-corrected chi connectivity index (χ1v) is 10.8. The molecule has 3 aliphatic rings. The Morgan fingerprint density at radius 2 is 1.09 bits per heavy atom. The van der Waals surface area contributed by atoms with E-state index >= 15 is 0 Å². The second-order valence-corrected chi connectivity index (χ2v) is 10.3. The lowest BCUT2D eigenvalue weighted by Gasteiger charge is -2.45. The fourth-order valence-corrected chi connectivity index (χ4v) is 5.79. The number of amides is 4. The Morgan fingerprint density at radius 3 is 1.47 bits per heavy atom. The summed E-state index contributed by atoms with van der Waals surface area (Å²) in [6, 6.07) is 6.12. The lowest BCUT2D eigenvalue weighted by molar-refractivity contribution is -0.670. The van der Waals surface area contributed by atoms with Gasteiger partial charge in [-0.05, 0) is 52.0 Å². The Morgan fingerprint density at radius 1 is 0.750 bits per heavy atom. The minimum absolute atomic E-state index is 0.289. The average molecular weight is 433 g/mol. The molecule has 0 spiro atoms. The van der Waals surface area contributed by atoms with Crippen LogP contribution in [0.25, 0.3) is 10.8 Å². The third-order valence-corrected chi connectivity index (χ3v) is 7.43. The molecule has 0 atom stereocenters. The molecule has 0 saturated carbocycles. The van der Waals surface area contributed by atoms with Crippen LogP contribution in [0.3, 0.4) is 0 Å². The van der Waals surface area contributed by atoms with Crippen LogP contribution in [0, 0.1) is 0 Å². The molecule has 1 fully saturated rings. The van der Waals surface area contributed by atoms with Gasteiger partial charge in [0.2, 0.25) is 0 Å². The molecule has 164 valence electrons. The molecule has 1 saturated heterocycles. The summed E-state index contributed by atoms with van der Waals surface area (Å²) < 4.78 is 2.06. The number of imide groups is 2. The molecule has 0 bridgehead atoms. The summed E-state index contributed by atoms with van der Waals surface area (Å²) in [5, 5.41) is 0.817. The number of piperidine rings is 1. The van der Waals surface area contributed by atoms with Crippen LogP contribution in [-0.2, 0) is 0 Å². The van der Waals surface area contributed by atoms with Crippen molar-refractivity contribution >= 4 is 41.1 Å². The van der Waals surface area contributed by atoms with Gasteiger partial charge in [0.1, 0.15) is 6.72 Å². The van der Waals surface area contributed by atoms with Crippen molar-refractivity contribution in [2.24, 2.45) is 0 Å². The van der Waals surface area contributed by atoms with Crippen molar-refractivity contribution in [1.29, 1.82) is 0 Å². The normalized spacial score (nSPS) is 22.2. The van der Waals surface area contributed by atoms with Gasteiger partial charge in [-0.1, -0.05) is 0 Å². The topological polar surface area (TPSA) is 77.8 Å². The molecule has 0 aliphatic carbocycles. The van der Waals surface area contributed by atoms with Gasteiger partial charge in [-0.25, -0.2) is 4.58 Å². The molecular formula is C25H26N3O4+. The maximum atomic E-state index is 13.7. The zero-order valence-electron chi connectivity index (χ0n) is 19.0. The van der Waals surface area contributed by atoms with Crippen molar-refractivity contribution in [1.82, 2.24) is 9.80 Å². The van der Waals surface area contributed by atoms with E-state index in [1.807, 2.05) is 0 Å². The van der Waals surface area contributed by atoms with Gasteiger partial charge in [0.15, 0.2) is 11.1 Å². The summed E-state index contributed by atoms with van der Waals surface area (Å²) in [7, 11) is 1.43. The Hall–Kier alpha value is -3.35. The first-order valence-electron chi connectivity index (χ1n) is 10.8. The number of carbonyl (C=O) groups is 4. The molecule has 5 rings (SSSR count). The largest absolute Gasteiger partial charge is 0.277 e. The number of nitrogens with zero attached hydrogens (tertiary/aromatic N) is 3. The van der Waals surface area contributed by atoms with E-state index in [1.165, 1.54) is 11.9 Å². The van der Waals surface area contributed by atoms with Crippen LogP contribution in [0.2, 0.25) is 0 Å². The fourth-order valence-electron chi connectivity index (χ4n) is 5.79. The second-order valence-electron chi connectivity index (χ2n) is 10.3. The van der Waals surface area contributed by atoms with Crippen molar-refractivity contribution in [3.05, 3.63) is 46.5 Å².